The highest BCUT2D eigenvalue weighted by atomic mass is 14.4. The van der Waals surface area contributed by atoms with Gasteiger partial charge in [0.25, 0.3) is 0 Å². The largest absolute Gasteiger partial charge is 0.0619 e. The predicted octanol–water partition coefficient (Wildman–Crippen LogP) is 13.1. The molecule has 0 bridgehead atoms. The Balaban J connectivity index is 1.26. The quantitative estimate of drug-likeness (QED) is 0.170. The summed E-state index contributed by atoms with van der Waals surface area (Å²) in [7, 11) is 0. The van der Waals surface area contributed by atoms with Gasteiger partial charge in [0.1, 0.15) is 0 Å². The van der Waals surface area contributed by atoms with E-state index in [0.717, 1.165) is 0 Å². The van der Waals surface area contributed by atoms with E-state index in [0.29, 0.717) is 0 Å². The van der Waals surface area contributed by atoms with Gasteiger partial charge < -0.3 is 0 Å². The first-order valence-electron chi connectivity index (χ1n) is 17.2. The molecule has 8 aromatic rings. The Morgan fingerprint density at radius 3 is 1.42 bits per heavy atom. The highest BCUT2D eigenvalue weighted by Crippen LogP contribution is 2.53. The van der Waals surface area contributed by atoms with E-state index < -0.39 is 0 Å². The SMILES string of the molecule is CC1(C)c2ccccc2-c2cc(-c3c4ccccc4c(-c4cccc5cc6c(cc45)C(C)(C)c4ccccc4-6)c4ccccc34)ccc21. The van der Waals surface area contributed by atoms with E-state index in [1.165, 1.54) is 99.1 Å². The summed E-state index contributed by atoms with van der Waals surface area (Å²) >= 11 is 0. The second-order valence-corrected chi connectivity index (χ2v) is 14.9. The van der Waals surface area contributed by atoms with Crippen molar-refractivity contribution in [3.8, 4) is 44.5 Å². The zero-order valence-corrected chi connectivity index (χ0v) is 27.9. The topological polar surface area (TPSA) is 0 Å². The smallest absolute Gasteiger partial charge is 0.0159 e. The van der Waals surface area contributed by atoms with Gasteiger partial charge in [0.2, 0.25) is 0 Å². The fourth-order valence-corrected chi connectivity index (χ4v) is 9.30. The second-order valence-electron chi connectivity index (χ2n) is 14.9. The molecule has 2 aliphatic rings. The van der Waals surface area contributed by atoms with E-state index in [2.05, 4.69) is 173 Å². The van der Waals surface area contributed by atoms with Gasteiger partial charge >= 0.3 is 0 Å². The van der Waals surface area contributed by atoms with Gasteiger partial charge in [0.05, 0.1) is 0 Å². The first kappa shape index (κ1) is 27.6. The lowest BCUT2D eigenvalue weighted by Crippen LogP contribution is -2.14. The molecule has 0 radical (unpaired) electrons. The highest BCUT2D eigenvalue weighted by molar-refractivity contribution is 6.24. The Morgan fingerprint density at radius 1 is 0.312 bits per heavy atom. The molecular formula is C48H36. The molecule has 0 spiro atoms. The minimum Gasteiger partial charge on any atom is -0.0619 e. The van der Waals surface area contributed by atoms with Crippen LogP contribution in [0.3, 0.4) is 0 Å². The number of hydrogen-bond donors (Lipinski definition) is 0. The lowest BCUT2D eigenvalue weighted by Gasteiger charge is -2.23. The lowest BCUT2D eigenvalue weighted by atomic mass is 9.80. The maximum absolute atomic E-state index is 2.50. The number of fused-ring (bicyclic) bond motifs is 9. The van der Waals surface area contributed by atoms with Crippen molar-refractivity contribution in [2.24, 2.45) is 0 Å². The van der Waals surface area contributed by atoms with Crippen molar-refractivity contribution in [1.29, 1.82) is 0 Å². The number of hydrogen-bond acceptors (Lipinski definition) is 0. The zero-order valence-electron chi connectivity index (χ0n) is 27.9. The molecule has 0 saturated carbocycles. The molecule has 0 heteroatoms. The average Bonchev–Trinajstić information content (AvgIpc) is 3.48. The molecule has 8 aromatic carbocycles. The van der Waals surface area contributed by atoms with Crippen molar-refractivity contribution in [1.82, 2.24) is 0 Å². The van der Waals surface area contributed by atoms with Gasteiger partial charge in [-0.25, -0.2) is 0 Å². The molecule has 0 nitrogen and oxygen atoms in total. The van der Waals surface area contributed by atoms with Crippen LogP contribution in [0, 0.1) is 0 Å². The predicted molar refractivity (Wildman–Crippen MR) is 205 cm³/mol. The molecular weight excluding hydrogens is 577 g/mol. The molecule has 0 atom stereocenters. The van der Waals surface area contributed by atoms with Gasteiger partial charge in [-0.1, -0.05) is 155 Å². The molecule has 0 fully saturated rings. The Kier molecular flexibility index (Phi) is 5.50. The van der Waals surface area contributed by atoms with Crippen LogP contribution in [0.5, 0.6) is 0 Å². The molecule has 0 aromatic heterocycles. The fourth-order valence-electron chi connectivity index (χ4n) is 9.30. The van der Waals surface area contributed by atoms with E-state index in [1.54, 1.807) is 0 Å². The van der Waals surface area contributed by atoms with Crippen molar-refractivity contribution in [2.75, 3.05) is 0 Å². The van der Waals surface area contributed by atoms with Crippen molar-refractivity contribution in [3.05, 3.63) is 168 Å². The number of rotatable bonds is 2. The summed E-state index contributed by atoms with van der Waals surface area (Å²) in [5.41, 5.74) is 16.2. The molecule has 0 aliphatic heterocycles. The third kappa shape index (κ3) is 3.55. The van der Waals surface area contributed by atoms with E-state index in [4.69, 9.17) is 0 Å². The van der Waals surface area contributed by atoms with E-state index in [9.17, 15) is 0 Å². The lowest BCUT2D eigenvalue weighted by molar-refractivity contribution is 0.660. The molecule has 0 N–H and O–H groups in total. The van der Waals surface area contributed by atoms with E-state index in [1.807, 2.05) is 0 Å². The van der Waals surface area contributed by atoms with E-state index >= 15 is 0 Å². The fraction of sp³-hybridized carbons (Fsp3) is 0.125. The maximum atomic E-state index is 2.50. The molecule has 0 saturated heterocycles. The summed E-state index contributed by atoms with van der Waals surface area (Å²) in [5, 5.41) is 7.78. The van der Waals surface area contributed by atoms with Crippen LogP contribution in [0.15, 0.2) is 146 Å². The Morgan fingerprint density at radius 2 is 0.792 bits per heavy atom. The summed E-state index contributed by atoms with van der Waals surface area (Å²) in [5.74, 6) is 0. The Labute approximate surface area is 282 Å². The Bertz CT molecular complexity index is 2610. The first-order chi connectivity index (χ1) is 23.3. The standard InChI is InChI=1S/C48H36/c1-47(2)41-22-11-9-15-31(41)39-27-30(24-25-43(39)47)45-33-17-5-7-19-35(33)46(36-20-8-6-18-34(36)45)37-21-13-14-29-26-40-32-16-10-12-23-42(32)48(3,4)44(40)28-38(29)37/h5-28H,1-4H3. The first-order valence-corrected chi connectivity index (χ1v) is 17.2. The van der Waals surface area contributed by atoms with Crippen LogP contribution in [0.4, 0.5) is 0 Å². The van der Waals surface area contributed by atoms with Crippen LogP contribution in [-0.2, 0) is 10.8 Å². The minimum atomic E-state index is -0.0536. The molecule has 0 heterocycles. The Hall–Kier alpha value is -5.46. The third-order valence-electron chi connectivity index (χ3n) is 11.7. The van der Waals surface area contributed by atoms with Crippen LogP contribution >= 0.6 is 0 Å². The average molecular weight is 613 g/mol. The minimum absolute atomic E-state index is 0.0110. The van der Waals surface area contributed by atoms with Gasteiger partial charge in [0, 0.05) is 10.8 Å². The summed E-state index contributed by atoms with van der Waals surface area (Å²) in [6.07, 6.45) is 0. The normalized spacial score (nSPS) is 15.0. The van der Waals surface area contributed by atoms with Crippen molar-refractivity contribution in [3.63, 3.8) is 0 Å². The number of benzene rings is 8. The van der Waals surface area contributed by atoms with Crippen LogP contribution < -0.4 is 0 Å². The summed E-state index contributed by atoms with van der Waals surface area (Å²) in [6.45, 7) is 9.47. The molecule has 48 heavy (non-hydrogen) atoms. The molecule has 2 aliphatic carbocycles. The van der Waals surface area contributed by atoms with Crippen molar-refractivity contribution >= 4 is 32.3 Å². The molecule has 0 unspecified atom stereocenters. The summed E-state index contributed by atoms with van der Waals surface area (Å²) < 4.78 is 0. The molecule has 10 rings (SSSR count). The summed E-state index contributed by atoms with van der Waals surface area (Å²) in [4.78, 5) is 0. The van der Waals surface area contributed by atoms with Crippen LogP contribution in [-0.4, -0.2) is 0 Å². The van der Waals surface area contributed by atoms with Crippen molar-refractivity contribution < 1.29 is 0 Å². The molecule has 228 valence electrons. The third-order valence-corrected chi connectivity index (χ3v) is 11.7. The zero-order chi connectivity index (χ0) is 32.4. The van der Waals surface area contributed by atoms with Gasteiger partial charge in [-0.2, -0.15) is 0 Å². The van der Waals surface area contributed by atoms with Crippen molar-refractivity contribution in [2.45, 2.75) is 38.5 Å². The maximum Gasteiger partial charge on any atom is 0.0159 e. The van der Waals surface area contributed by atoms with Gasteiger partial charge in [0.15, 0.2) is 0 Å². The molecule has 0 amide bonds. The highest BCUT2D eigenvalue weighted by Gasteiger charge is 2.37. The summed E-state index contributed by atoms with van der Waals surface area (Å²) in [6, 6.07) is 55.0. The van der Waals surface area contributed by atoms with Gasteiger partial charge in [-0.15, -0.1) is 0 Å². The van der Waals surface area contributed by atoms with Gasteiger partial charge in [-0.3, -0.25) is 0 Å². The van der Waals surface area contributed by atoms with Crippen LogP contribution in [0.25, 0.3) is 76.8 Å². The van der Waals surface area contributed by atoms with E-state index in [-0.39, 0.29) is 10.8 Å². The monoisotopic (exact) mass is 612 g/mol. The van der Waals surface area contributed by atoms with Crippen LogP contribution in [0.1, 0.15) is 49.9 Å². The van der Waals surface area contributed by atoms with Crippen LogP contribution in [0.2, 0.25) is 0 Å². The van der Waals surface area contributed by atoms with Gasteiger partial charge in [-0.05, 0) is 117 Å². The second kappa shape index (κ2) is 9.55.